The summed E-state index contributed by atoms with van der Waals surface area (Å²) in [4.78, 5) is 0. The lowest BCUT2D eigenvalue weighted by Crippen LogP contribution is -2.30. The van der Waals surface area contributed by atoms with Gasteiger partial charge in [-0.2, -0.15) is 0 Å². The average molecular weight is 212 g/mol. The van der Waals surface area contributed by atoms with Gasteiger partial charge in [0.1, 0.15) is 0 Å². The van der Waals surface area contributed by atoms with Crippen LogP contribution in [0.3, 0.4) is 0 Å². The normalized spacial score (nSPS) is 34.2. The van der Waals surface area contributed by atoms with Gasteiger partial charge in [0.05, 0.1) is 24.9 Å². The maximum Gasteiger partial charge on any atom is 0.0924 e. The number of ether oxygens (including phenoxy) is 3. The molecule has 0 aromatic rings. The molecule has 2 aliphatic rings. The summed E-state index contributed by atoms with van der Waals surface area (Å²) in [6.45, 7) is 3.56. The lowest BCUT2D eigenvalue weighted by molar-refractivity contribution is 0.0120. The molecule has 0 aliphatic carbocycles. The van der Waals surface area contributed by atoms with Gasteiger partial charge in [0.2, 0.25) is 0 Å². The summed E-state index contributed by atoms with van der Waals surface area (Å²) in [6.07, 6.45) is 3.60. The molecule has 1 saturated heterocycles. The van der Waals surface area contributed by atoms with E-state index in [1.807, 2.05) is 0 Å². The monoisotopic (exact) mass is 212 g/mol. The molecule has 0 N–H and O–H groups in total. The van der Waals surface area contributed by atoms with Crippen molar-refractivity contribution in [2.24, 2.45) is 0 Å². The molecule has 15 heavy (non-hydrogen) atoms. The minimum atomic E-state index is -0.0332. The standard InChI is InChI=1S/C12H20O3/c1-4-12-6-5-11(15-12)9(7-13-2)10(12)8-14-3/h11H,4-8H2,1-3H3. The zero-order valence-corrected chi connectivity index (χ0v) is 9.84. The second kappa shape index (κ2) is 4.24. The maximum absolute atomic E-state index is 6.11. The highest BCUT2D eigenvalue weighted by molar-refractivity contribution is 5.37. The molecule has 0 radical (unpaired) electrons. The molecule has 0 aromatic heterocycles. The second-order valence-electron chi connectivity index (χ2n) is 4.36. The number of hydrogen-bond acceptors (Lipinski definition) is 3. The molecular formula is C12H20O3. The van der Waals surface area contributed by atoms with E-state index in [-0.39, 0.29) is 11.7 Å². The van der Waals surface area contributed by atoms with Crippen LogP contribution in [0.15, 0.2) is 11.1 Å². The summed E-state index contributed by atoms with van der Waals surface area (Å²) in [5, 5.41) is 0. The molecule has 0 spiro atoms. The first-order chi connectivity index (χ1) is 7.27. The van der Waals surface area contributed by atoms with Crippen molar-refractivity contribution in [2.45, 2.75) is 37.9 Å². The van der Waals surface area contributed by atoms with Gasteiger partial charge in [-0.3, -0.25) is 0 Å². The van der Waals surface area contributed by atoms with Crippen LogP contribution in [0.5, 0.6) is 0 Å². The first kappa shape index (κ1) is 11.1. The Labute approximate surface area is 91.4 Å². The van der Waals surface area contributed by atoms with E-state index >= 15 is 0 Å². The minimum Gasteiger partial charge on any atom is -0.380 e. The molecule has 0 aromatic carbocycles. The van der Waals surface area contributed by atoms with Crippen LogP contribution in [0.4, 0.5) is 0 Å². The molecule has 3 nitrogen and oxygen atoms in total. The largest absolute Gasteiger partial charge is 0.380 e. The Bertz CT molecular complexity index is 272. The van der Waals surface area contributed by atoms with E-state index < -0.39 is 0 Å². The van der Waals surface area contributed by atoms with Gasteiger partial charge in [-0.15, -0.1) is 0 Å². The maximum atomic E-state index is 6.11. The van der Waals surface area contributed by atoms with E-state index in [9.17, 15) is 0 Å². The van der Waals surface area contributed by atoms with Crippen LogP contribution in [0.25, 0.3) is 0 Å². The van der Waals surface area contributed by atoms with Crippen molar-refractivity contribution in [3.8, 4) is 0 Å². The van der Waals surface area contributed by atoms with E-state index in [2.05, 4.69) is 6.92 Å². The SMILES string of the molecule is CCC12CCC(O1)C(COC)=C2COC. The van der Waals surface area contributed by atoms with E-state index in [4.69, 9.17) is 14.2 Å². The summed E-state index contributed by atoms with van der Waals surface area (Å²) in [5.74, 6) is 0. The van der Waals surface area contributed by atoms with Crippen molar-refractivity contribution in [2.75, 3.05) is 27.4 Å². The lowest BCUT2D eigenvalue weighted by Gasteiger charge is -2.27. The Morgan fingerprint density at radius 3 is 2.67 bits per heavy atom. The van der Waals surface area contributed by atoms with E-state index in [0.717, 1.165) is 19.3 Å². The molecular weight excluding hydrogens is 192 g/mol. The topological polar surface area (TPSA) is 27.7 Å². The predicted molar refractivity (Wildman–Crippen MR) is 57.9 cm³/mol. The number of rotatable bonds is 5. The Kier molecular flexibility index (Phi) is 3.14. The first-order valence-electron chi connectivity index (χ1n) is 5.65. The van der Waals surface area contributed by atoms with Crippen LogP contribution >= 0.6 is 0 Å². The zero-order chi connectivity index (χ0) is 10.9. The Balaban J connectivity index is 2.28. The Morgan fingerprint density at radius 2 is 2.07 bits per heavy atom. The van der Waals surface area contributed by atoms with Gasteiger partial charge in [-0.25, -0.2) is 0 Å². The summed E-state index contributed by atoms with van der Waals surface area (Å²) < 4.78 is 16.6. The summed E-state index contributed by atoms with van der Waals surface area (Å²) in [6, 6.07) is 0. The molecule has 2 heterocycles. The van der Waals surface area contributed by atoms with Gasteiger partial charge < -0.3 is 14.2 Å². The van der Waals surface area contributed by atoms with Crippen molar-refractivity contribution in [3.63, 3.8) is 0 Å². The van der Waals surface area contributed by atoms with Gasteiger partial charge >= 0.3 is 0 Å². The highest BCUT2D eigenvalue weighted by atomic mass is 16.5. The van der Waals surface area contributed by atoms with Gasteiger partial charge in [-0.1, -0.05) is 6.92 Å². The average Bonchev–Trinajstić information content (AvgIpc) is 2.78. The molecule has 3 heteroatoms. The quantitative estimate of drug-likeness (QED) is 0.652. The lowest BCUT2D eigenvalue weighted by atomic mass is 9.81. The third kappa shape index (κ3) is 1.63. The van der Waals surface area contributed by atoms with Crippen LogP contribution in [0, 0.1) is 0 Å². The Hall–Kier alpha value is -0.380. The van der Waals surface area contributed by atoms with Gasteiger partial charge in [0.15, 0.2) is 0 Å². The van der Waals surface area contributed by atoms with Gasteiger partial charge in [-0.05, 0) is 30.4 Å². The highest BCUT2D eigenvalue weighted by Crippen LogP contribution is 2.49. The Morgan fingerprint density at radius 1 is 1.33 bits per heavy atom. The molecule has 2 rings (SSSR count). The first-order valence-corrected chi connectivity index (χ1v) is 5.65. The fourth-order valence-corrected chi connectivity index (χ4v) is 2.89. The molecule has 0 amide bonds. The molecule has 86 valence electrons. The van der Waals surface area contributed by atoms with Crippen LogP contribution in [-0.2, 0) is 14.2 Å². The van der Waals surface area contributed by atoms with Crippen LogP contribution in [0.1, 0.15) is 26.2 Å². The van der Waals surface area contributed by atoms with E-state index in [1.165, 1.54) is 11.1 Å². The second-order valence-corrected chi connectivity index (χ2v) is 4.36. The van der Waals surface area contributed by atoms with Gasteiger partial charge in [0.25, 0.3) is 0 Å². The highest BCUT2D eigenvalue weighted by Gasteiger charge is 2.50. The van der Waals surface area contributed by atoms with Crippen LogP contribution in [0.2, 0.25) is 0 Å². The van der Waals surface area contributed by atoms with Crippen molar-refractivity contribution < 1.29 is 14.2 Å². The molecule has 1 fully saturated rings. The molecule has 2 atom stereocenters. The zero-order valence-electron chi connectivity index (χ0n) is 9.84. The minimum absolute atomic E-state index is 0.0332. The smallest absolute Gasteiger partial charge is 0.0924 e. The predicted octanol–water partition coefficient (Wildman–Crippen LogP) is 1.92. The van der Waals surface area contributed by atoms with Crippen molar-refractivity contribution in [1.82, 2.24) is 0 Å². The fraction of sp³-hybridized carbons (Fsp3) is 0.833. The summed E-state index contributed by atoms with van der Waals surface area (Å²) >= 11 is 0. The van der Waals surface area contributed by atoms with Crippen LogP contribution in [-0.4, -0.2) is 39.1 Å². The number of hydrogen-bond donors (Lipinski definition) is 0. The third-order valence-electron chi connectivity index (χ3n) is 3.66. The van der Waals surface area contributed by atoms with Crippen molar-refractivity contribution in [1.29, 1.82) is 0 Å². The molecule has 2 aliphatic heterocycles. The van der Waals surface area contributed by atoms with Gasteiger partial charge in [0, 0.05) is 14.2 Å². The van der Waals surface area contributed by atoms with Crippen molar-refractivity contribution >= 4 is 0 Å². The number of methoxy groups -OCH3 is 2. The molecule has 2 bridgehead atoms. The fourth-order valence-electron chi connectivity index (χ4n) is 2.89. The molecule has 0 saturated carbocycles. The third-order valence-corrected chi connectivity index (χ3v) is 3.66. The summed E-state index contributed by atoms with van der Waals surface area (Å²) in [5.41, 5.74) is 2.63. The number of fused-ring (bicyclic) bond motifs is 2. The summed E-state index contributed by atoms with van der Waals surface area (Å²) in [7, 11) is 3.48. The molecule has 2 unspecified atom stereocenters. The van der Waals surface area contributed by atoms with Crippen LogP contribution < -0.4 is 0 Å². The van der Waals surface area contributed by atoms with E-state index in [1.54, 1.807) is 14.2 Å². The van der Waals surface area contributed by atoms with Crippen molar-refractivity contribution in [3.05, 3.63) is 11.1 Å². The van der Waals surface area contributed by atoms with E-state index in [0.29, 0.717) is 13.2 Å².